The van der Waals surface area contributed by atoms with Crippen molar-refractivity contribution in [3.8, 4) is 0 Å². The Morgan fingerprint density at radius 2 is 1.83 bits per heavy atom. The van der Waals surface area contributed by atoms with Crippen LogP contribution in [0.4, 0.5) is 4.39 Å². The molecule has 8 heteroatoms. The van der Waals surface area contributed by atoms with Crippen molar-refractivity contribution in [3.63, 3.8) is 0 Å². The Morgan fingerprint density at radius 1 is 1.10 bits per heavy atom. The van der Waals surface area contributed by atoms with E-state index in [9.17, 15) is 9.18 Å². The fraction of sp³-hybridized carbons (Fsp3) is 0.333. The lowest BCUT2D eigenvalue weighted by molar-refractivity contribution is -0.143. The predicted octanol–water partition coefficient (Wildman–Crippen LogP) is 3.97. The Morgan fingerprint density at radius 3 is 2.52 bits per heavy atom. The van der Waals surface area contributed by atoms with Crippen molar-refractivity contribution in [2.24, 2.45) is 5.16 Å². The smallest absolute Gasteiger partial charge is 0.266 e. The van der Waals surface area contributed by atoms with Crippen LogP contribution < -0.4 is 0 Å². The van der Waals surface area contributed by atoms with Crippen molar-refractivity contribution in [3.05, 3.63) is 69.5 Å². The number of rotatable bonds is 4. The highest BCUT2D eigenvalue weighted by atomic mass is 35.5. The van der Waals surface area contributed by atoms with Crippen LogP contribution in [0.15, 0.2) is 47.6 Å². The normalized spacial score (nSPS) is 19.8. The first-order chi connectivity index (χ1) is 14.0. The second-order valence-corrected chi connectivity index (χ2v) is 8.02. The van der Waals surface area contributed by atoms with Crippen LogP contribution in [-0.2, 0) is 16.2 Å². The fourth-order valence-corrected chi connectivity index (χ4v) is 4.01. The van der Waals surface area contributed by atoms with Crippen molar-refractivity contribution < 1.29 is 14.0 Å². The Labute approximate surface area is 178 Å². The number of nitrogens with zero attached hydrogens (tertiary/aromatic N) is 3. The quantitative estimate of drug-likeness (QED) is 0.729. The van der Waals surface area contributed by atoms with E-state index in [4.69, 9.17) is 28.0 Å². The molecule has 0 aliphatic carbocycles. The van der Waals surface area contributed by atoms with E-state index < -0.39 is 6.10 Å². The number of carbonyl (C=O) groups excluding carboxylic acids is 1. The molecule has 152 valence electrons. The molecule has 0 saturated carbocycles. The number of amides is 1. The maximum atomic E-state index is 13.1. The summed E-state index contributed by atoms with van der Waals surface area (Å²) in [5.41, 5.74) is 2.46. The topological polar surface area (TPSA) is 45.1 Å². The van der Waals surface area contributed by atoms with Gasteiger partial charge in [0.05, 0.1) is 5.71 Å². The molecule has 1 amide bonds. The Bertz CT molecular complexity index is 928. The molecule has 0 N–H and O–H groups in total. The van der Waals surface area contributed by atoms with Crippen LogP contribution in [0.1, 0.15) is 17.5 Å². The van der Waals surface area contributed by atoms with E-state index in [1.165, 1.54) is 12.1 Å². The SMILES string of the molecule is O=C(C1CC(c2ccc(F)cc2)=NO1)N1CCN(Cc2ccc(Cl)cc2Cl)CC1. The van der Waals surface area contributed by atoms with Crippen molar-refractivity contribution in [2.45, 2.75) is 19.1 Å². The largest absolute Gasteiger partial charge is 0.382 e. The van der Waals surface area contributed by atoms with E-state index in [1.54, 1.807) is 18.2 Å². The average Bonchev–Trinajstić information content (AvgIpc) is 3.21. The summed E-state index contributed by atoms with van der Waals surface area (Å²) >= 11 is 12.2. The Balaban J connectivity index is 1.29. The summed E-state index contributed by atoms with van der Waals surface area (Å²) in [5, 5.41) is 5.30. The van der Waals surface area contributed by atoms with Gasteiger partial charge in [-0.25, -0.2) is 4.39 Å². The standard InChI is InChI=1S/C21H20Cl2FN3O2/c22-16-4-1-15(18(23)11-16)13-26-7-9-27(10-8-26)21(28)20-12-19(25-29-20)14-2-5-17(24)6-3-14/h1-6,11,20H,7-10,12-13H2. The predicted molar refractivity (Wildman–Crippen MR) is 111 cm³/mol. The van der Waals surface area contributed by atoms with Gasteiger partial charge in [-0.2, -0.15) is 0 Å². The first kappa shape index (κ1) is 20.1. The summed E-state index contributed by atoms with van der Waals surface area (Å²) in [5.74, 6) is -0.367. The van der Waals surface area contributed by atoms with Gasteiger partial charge in [-0.1, -0.05) is 46.6 Å². The lowest BCUT2D eigenvalue weighted by Crippen LogP contribution is -2.51. The van der Waals surface area contributed by atoms with Crippen LogP contribution >= 0.6 is 23.2 Å². The summed E-state index contributed by atoms with van der Waals surface area (Å²) in [6, 6.07) is 11.5. The first-order valence-corrected chi connectivity index (χ1v) is 10.2. The number of hydrogen-bond acceptors (Lipinski definition) is 4. The molecule has 0 aromatic heterocycles. The van der Waals surface area contributed by atoms with Gasteiger partial charge in [-0.05, 0) is 35.4 Å². The van der Waals surface area contributed by atoms with E-state index in [1.807, 2.05) is 17.0 Å². The van der Waals surface area contributed by atoms with Crippen molar-refractivity contribution in [1.82, 2.24) is 9.80 Å². The summed E-state index contributed by atoms with van der Waals surface area (Å²) in [6.45, 7) is 3.47. The number of hydrogen-bond donors (Lipinski definition) is 0. The minimum atomic E-state index is -0.618. The third-order valence-electron chi connectivity index (χ3n) is 5.21. The molecule has 0 radical (unpaired) electrons. The number of benzene rings is 2. The molecular weight excluding hydrogens is 416 g/mol. The monoisotopic (exact) mass is 435 g/mol. The maximum Gasteiger partial charge on any atom is 0.266 e. The molecule has 1 unspecified atom stereocenters. The molecule has 1 saturated heterocycles. The summed E-state index contributed by atoms with van der Waals surface area (Å²) in [7, 11) is 0. The fourth-order valence-electron chi connectivity index (χ4n) is 3.54. The molecule has 0 spiro atoms. The highest BCUT2D eigenvalue weighted by molar-refractivity contribution is 6.35. The summed E-state index contributed by atoms with van der Waals surface area (Å²) < 4.78 is 13.1. The third-order valence-corrected chi connectivity index (χ3v) is 5.80. The minimum absolute atomic E-state index is 0.0602. The first-order valence-electron chi connectivity index (χ1n) is 9.43. The van der Waals surface area contributed by atoms with Gasteiger partial charge in [0.15, 0.2) is 0 Å². The van der Waals surface area contributed by atoms with Gasteiger partial charge >= 0.3 is 0 Å². The molecule has 2 aliphatic heterocycles. The summed E-state index contributed by atoms with van der Waals surface area (Å²) in [6.07, 6.45) is -0.224. The van der Waals surface area contributed by atoms with E-state index in [0.29, 0.717) is 35.3 Å². The van der Waals surface area contributed by atoms with E-state index in [2.05, 4.69) is 10.1 Å². The van der Waals surface area contributed by atoms with Gasteiger partial charge in [-0.3, -0.25) is 9.69 Å². The van der Waals surface area contributed by atoms with Crippen LogP contribution in [-0.4, -0.2) is 53.7 Å². The van der Waals surface area contributed by atoms with Crippen molar-refractivity contribution in [2.75, 3.05) is 26.2 Å². The molecule has 29 heavy (non-hydrogen) atoms. The molecule has 0 bridgehead atoms. The van der Waals surface area contributed by atoms with Crippen LogP contribution in [0.2, 0.25) is 10.0 Å². The van der Waals surface area contributed by atoms with Crippen LogP contribution in [0.5, 0.6) is 0 Å². The highest BCUT2D eigenvalue weighted by Gasteiger charge is 2.33. The van der Waals surface area contributed by atoms with Gasteiger partial charge in [0.1, 0.15) is 5.82 Å². The number of piperazine rings is 1. The lowest BCUT2D eigenvalue weighted by atomic mass is 10.0. The minimum Gasteiger partial charge on any atom is -0.382 e. The Hall–Kier alpha value is -2.15. The van der Waals surface area contributed by atoms with Gasteiger partial charge in [0, 0.05) is 49.2 Å². The van der Waals surface area contributed by atoms with E-state index >= 15 is 0 Å². The molecule has 4 rings (SSSR count). The zero-order valence-corrected chi connectivity index (χ0v) is 17.2. The van der Waals surface area contributed by atoms with Crippen LogP contribution in [0.25, 0.3) is 0 Å². The molecule has 1 atom stereocenters. The lowest BCUT2D eigenvalue weighted by Gasteiger charge is -2.35. The van der Waals surface area contributed by atoms with Gasteiger partial charge in [0.25, 0.3) is 5.91 Å². The highest BCUT2D eigenvalue weighted by Crippen LogP contribution is 2.23. The van der Waals surface area contributed by atoms with Crippen molar-refractivity contribution >= 4 is 34.8 Å². The second kappa shape index (κ2) is 8.69. The molecule has 2 aromatic carbocycles. The van der Waals surface area contributed by atoms with Gasteiger partial charge < -0.3 is 9.74 Å². The average molecular weight is 436 g/mol. The number of carbonyl (C=O) groups is 1. The molecule has 1 fully saturated rings. The third kappa shape index (κ3) is 4.71. The molecule has 2 aromatic rings. The van der Waals surface area contributed by atoms with Crippen molar-refractivity contribution in [1.29, 1.82) is 0 Å². The van der Waals surface area contributed by atoms with E-state index in [-0.39, 0.29) is 11.7 Å². The number of oxime groups is 1. The molecular formula is C21H20Cl2FN3O2. The molecule has 2 heterocycles. The Kier molecular flexibility index (Phi) is 6.04. The van der Waals surface area contributed by atoms with Crippen LogP contribution in [0.3, 0.4) is 0 Å². The second-order valence-electron chi connectivity index (χ2n) is 7.18. The number of halogens is 3. The van der Waals surface area contributed by atoms with Crippen LogP contribution in [0, 0.1) is 5.82 Å². The van der Waals surface area contributed by atoms with E-state index in [0.717, 1.165) is 30.8 Å². The zero-order chi connectivity index (χ0) is 20.4. The zero-order valence-electron chi connectivity index (χ0n) is 15.7. The molecule has 2 aliphatic rings. The molecule has 5 nitrogen and oxygen atoms in total. The van der Waals surface area contributed by atoms with Gasteiger partial charge in [0.2, 0.25) is 6.10 Å². The summed E-state index contributed by atoms with van der Waals surface area (Å²) in [4.78, 5) is 22.2. The van der Waals surface area contributed by atoms with Gasteiger partial charge in [-0.15, -0.1) is 0 Å². The maximum absolute atomic E-state index is 13.1.